The molecule has 2 rings (SSSR count). The Balaban J connectivity index is 2.81. The van der Waals surface area contributed by atoms with Gasteiger partial charge in [-0.2, -0.15) is 0 Å². The standard InChI is InChI=1S/C11H10O2S/c1-7(12)10-8-5-3-4-6-9(8)14-11(10)13-2/h3-6H,1-2H3. The summed E-state index contributed by atoms with van der Waals surface area (Å²) in [5, 5.41) is 1.69. The highest BCUT2D eigenvalue weighted by Gasteiger charge is 2.15. The van der Waals surface area contributed by atoms with E-state index in [0.29, 0.717) is 10.6 Å². The molecule has 0 atom stereocenters. The van der Waals surface area contributed by atoms with E-state index in [-0.39, 0.29) is 5.78 Å². The van der Waals surface area contributed by atoms with Crippen LogP contribution in [0.15, 0.2) is 24.3 Å². The summed E-state index contributed by atoms with van der Waals surface area (Å²) < 4.78 is 6.28. The molecule has 0 spiro atoms. The number of thiophene rings is 1. The molecule has 1 aromatic heterocycles. The molecule has 2 nitrogen and oxygen atoms in total. The SMILES string of the molecule is COc1sc2ccccc2c1C(C)=O. The van der Waals surface area contributed by atoms with Crippen molar-refractivity contribution in [3.8, 4) is 5.06 Å². The lowest BCUT2D eigenvalue weighted by atomic mass is 10.1. The van der Waals surface area contributed by atoms with Crippen LogP contribution in [0, 0.1) is 0 Å². The van der Waals surface area contributed by atoms with Gasteiger partial charge >= 0.3 is 0 Å². The Morgan fingerprint density at radius 2 is 2.07 bits per heavy atom. The fourth-order valence-corrected chi connectivity index (χ4v) is 2.57. The van der Waals surface area contributed by atoms with Gasteiger partial charge in [0.2, 0.25) is 0 Å². The molecule has 0 aliphatic rings. The topological polar surface area (TPSA) is 26.3 Å². The fourth-order valence-electron chi connectivity index (χ4n) is 1.50. The molecule has 0 saturated heterocycles. The maximum absolute atomic E-state index is 11.4. The maximum atomic E-state index is 11.4. The van der Waals surface area contributed by atoms with E-state index in [4.69, 9.17) is 4.74 Å². The van der Waals surface area contributed by atoms with Crippen LogP contribution in [-0.2, 0) is 0 Å². The predicted octanol–water partition coefficient (Wildman–Crippen LogP) is 3.11. The van der Waals surface area contributed by atoms with Crippen molar-refractivity contribution in [3.05, 3.63) is 29.8 Å². The second-order valence-corrected chi connectivity index (χ2v) is 4.04. The van der Waals surface area contributed by atoms with Crippen LogP contribution in [0.4, 0.5) is 0 Å². The lowest BCUT2D eigenvalue weighted by Crippen LogP contribution is -1.93. The van der Waals surface area contributed by atoms with Crippen LogP contribution in [0.2, 0.25) is 0 Å². The van der Waals surface area contributed by atoms with Gasteiger partial charge in [0.1, 0.15) is 0 Å². The third-order valence-electron chi connectivity index (χ3n) is 2.10. The second-order valence-electron chi connectivity index (χ2n) is 3.02. The summed E-state index contributed by atoms with van der Waals surface area (Å²) in [4.78, 5) is 11.4. The summed E-state index contributed by atoms with van der Waals surface area (Å²) in [6.45, 7) is 1.57. The molecule has 0 amide bonds. The molecule has 1 aromatic carbocycles. The zero-order valence-electron chi connectivity index (χ0n) is 8.03. The van der Waals surface area contributed by atoms with Crippen molar-refractivity contribution in [1.82, 2.24) is 0 Å². The molecule has 0 fully saturated rings. The second kappa shape index (κ2) is 3.42. The number of hydrogen-bond donors (Lipinski definition) is 0. The minimum Gasteiger partial charge on any atom is -0.487 e. The minimum absolute atomic E-state index is 0.0549. The lowest BCUT2D eigenvalue weighted by Gasteiger charge is -1.97. The Bertz CT molecular complexity index is 485. The maximum Gasteiger partial charge on any atom is 0.185 e. The summed E-state index contributed by atoms with van der Waals surface area (Å²) in [6, 6.07) is 7.84. The van der Waals surface area contributed by atoms with Crippen LogP contribution < -0.4 is 4.74 Å². The number of hydrogen-bond acceptors (Lipinski definition) is 3. The highest BCUT2D eigenvalue weighted by atomic mass is 32.1. The fraction of sp³-hybridized carbons (Fsp3) is 0.182. The number of fused-ring (bicyclic) bond motifs is 1. The first kappa shape index (κ1) is 9.21. The van der Waals surface area contributed by atoms with E-state index >= 15 is 0 Å². The third-order valence-corrected chi connectivity index (χ3v) is 3.23. The van der Waals surface area contributed by atoms with E-state index < -0.39 is 0 Å². The summed E-state index contributed by atoms with van der Waals surface area (Å²) in [5.74, 6) is 0.0549. The van der Waals surface area contributed by atoms with Gasteiger partial charge in [0.05, 0.1) is 12.7 Å². The zero-order chi connectivity index (χ0) is 10.1. The summed E-state index contributed by atoms with van der Waals surface area (Å²) >= 11 is 1.51. The molecule has 72 valence electrons. The Labute approximate surface area is 86.1 Å². The van der Waals surface area contributed by atoms with Gasteiger partial charge in [0.25, 0.3) is 0 Å². The van der Waals surface area contributed by atoms with Gasteiger partial charge in [-0.3, -0.25) is 4.79 Å². The normalized spacial score (nSPS) is 10.4. The van der Waals surface area contributed by atoms with Crippen LogP contribution >= 0.6 is 11.3 Å². The number of ketones is 1. The first-order chi connectivity index (χ1) is 6.74. The van der Waals surface area contributed by atoms with Crippen molar-refractivity contribution in [2.75, 3.05) is 7.11 Å². The Morgan fingerprint density at radius 3 is 2.71 bits per heavy atom. The van der Waals surface area contributed by atoms with Gasteiger partial charge in [0, 0.05) is 10.1 Å². The molecule has 1 heterocycles. The Kier molecular flexibility index (Phi) is 2.25. The molecule has 0 N–H and O–H groups in total. The minimum atomic E-state index is 0.0549. The lowest BCUT2D eigenvalue weighted by molar-refractivity contribution is 0.101. The van der Waals surface area contributed by atoms with Gasteiger partial charge in [-0.05, 0) is 13.0 Å². The quantitative estimate of drug-likeness (QED) is 0.706. The van der Waals surface area contributed by atoms with Gasteiger partial charge in [-0.1, -0.05) is 29.5 Å². The summed E-state index contributed by atoms with van der Waals surface area (Å²) in [5.41, 5.74) is 0.702. The van der Waals surface area contributed by atoms with Crippen molar-refractivity contribution in [2.45, 2.75) is 6.92 Å². The molecule has 0 radical (unpaired) electrons. The number of rotatable bonds is 2. The number of carbonyl (C=O) groups excluding carboxylic acids is 1. The zero-order valence-corrected chi connectivity index (χ0v) is 8.85. The number of methoxy groups -OCH3 is 1. The molecule has 0 aliphatic carbocycles. The van der Waals surface area contributed by atoms with Crippen molar-refractivity contribution in [1.29, 1.82) is 0 Å². The van der Waals surface area contributed by atoms with Gasteiger partial charge in [-0.15, -0.1) is 0 Å². The smallest absolute Gasteiger partial charge is 0.185 e. The van der Waals surface area contributed by atoms with Crippen molar-refractivity contribution in [3.63, 3.8) is 0 Å². The highest BCUT2D eigenvalue weighted by Crippen LogP contribution is 2.37. The first-order valence-electron chi connectivity index (χ1n) is 4.30. The molecule has 3 heteroatoms. The molecular formula is C11H10O2S. The van der Waals surface area contributed by atoms with Gasteiger partial charge < -0.3 is 4.74 Å². The Hall–Kier alpha value is -1.35. The van der Waals surface area contributed by atoms with E-state index in [9.17, 15) is 4.79 Å². The molecular weight excluding hydrogens is 196 g/mol. The highest BCUT2D eigenvalue weighted by molar-refractivity contribution is 7.21. The van der Waals surface area contributed by atoms with E-state index in [1.807, 2.05) is 24.3 Å². The number of Topliss-reactive ketones (excluding diaryl/α,β-unsaturated/α-hetero) is 1. The summed E-state index contributed by atoms with van der Waals surface area (Å²) in [7, 11) is 1.59. The van der Waals surface area contributed by atoms with Crippen LogP contribution in [0.25, 0.3) is 10.1 Å². The first-order valence-corrected chi connectivity index (χ1v) is 5.12. The molecule has 0 aliphatic heterocycles. The largest absolute Gasteiger partial charge is 0.487 e. The van der Waals surface area contributed by atoms with Crippen molar-refractivity contribution < 1.29 is 9.53 Å². The summed E-state index contributed by atoms with van der Waals surface area (Å²) in [6.07, 6.45) is 0. The molecule has 0 unspecified atom stereocenters. The van der Waals surface area contributed by atoms with Gasteiger partial charge in [0.15, 0.2) is 10.8 Å². The number of benzene rings is 1. The van der Waals surface area contributed by atoms with E-state index in [2.05, 4.69) is 0 Å². The average molecular weight is 206 g/mol. The van der Waals surface area contributed by atoms with Crippen LogP contribution in [-0.4, -0.2) is 12.9 Å². The van der Waals surface area contributed by atoms with Gasteiger partial charge in [-0.25, -0.2) is 0 Å². The van der Waals surface area contributed by atoms with E-state index in [0.717, 1.165) is 10.1 Å². The van der Waals surface area contributed by atoms with Crippen molar-refractivity contribution >= 4 is 27.2 Å². The number of carbonyl (C=O) groups is 1. The average Bonchev–Trinajstić information content (AvgIpc) is 2.55. The van der Waals surface area contributed by atoms with E-state index in [1.165, 1.54) is 11.3 Å². The van der Waals surface area contributed by atoms with E-state index in [1.54, 1.807) is 14.0 Å². The monoisotopic (exact) mass is 206 g/mol. The molecule has 0 bridgehead atoms. The molecule has 2 aromatic rings. The third kappa shape index (κ3) is 1.30. The predicted molar refractivity (Wildman–Crippen MR) is 58.4 cm³/mol. The van der Waals surface area contributed by atoms with Crippen LogP contribution in [0.3, 0.4) is 0 Å². The molecule has 0 saturated carbocycles. The molecule has 14 heavy (non-hydrogen) atoms. The Morgan fingerprint density at radius 1 is 1.36 bits per heavy atom. The number of ether oxygens (including phenoxy) is 1. The van der Waals surface area contributed by atoms with Crippen LogP contribution in [0.5, 0.6) is 5.06 Å². The van der Waals surface area contributed by atoms with Crippen molar-refractivity contribution in [2.24, 2.45) is 0 Å². The van der Waals surface area contributed by atoms with Crippen LogP contribution in [0.1, 0.15) is 17.3 Å².